The average molecular weight is 244 g/mol. The molecule has 3 heteroatoms. The Morgan fingerprint density at radius 2 is 1.78 bits per heavy atom. The van der Waals surface area contributed by atoms with Crippen molar-refractivity contribution in [1.29, 1.82) is 0 Å². The minimum absolute atomic E-state index is 0.508. The minimum atomic E-state index is -0.652. The highest BCUT2D eigenvalue weighted by molar-refractivity contribution is 5.29. The second kappa shape index (κ2) is 5.36. The first-order valence-electron chi connectivity index (χ1n) is 6.42. The standard InChI is InChI=1S/C15H20N2O/c1-4-17-10-9-16-15(17)14(18)13-7-5-12(6-8-13)11(2)3/h5-11,14,18H,4H2,1-3H3/t14-/m1/s1. The first-order chi connectivity index (χ1) is 8.63. The Kier molecular flexibility index (Phi) is 3.82. The van der Waals surface area contributed by atoms with Gasteiger partial charge in [-0.3, -0.25) is 0 Å². The zero-order valence-electron chi connectivity index (χ0n) is 11.2. The molecule has 0 fully saturated rings. The molecule has 2 rings (SSSR count). The number of aliphatic hydroxyl groups is 1. The van der Waals surface area contributed by atoms with Gasteiger partial charge in [0.1, 0.15) is 11.9 Å². The van der Waals surface area contributed by atoms with Gasteiger partial charge in [0.25, 0.3) is 0 Å². The van der Waals surface area contributed by atoms with E-state index >= 15 is 0 Å². The van der Waals surface area contributed by atoms with Crippen molar-refractivity contribution in [2.45, 2.75) is 39.3 Å². The summed E-state index contributed by atoms with van der Waals surface area (Å²) in [4.78, 5) is 4.23. The fraction of sp³-hybridized carbons (Fsp3) is 0.400. The van der Waals surface area contributed by atoms with Gasteiger partial charge in [-0.1, -0.05) is 38.1 Å². The Morgan fingerprint density at radius 3 is 2.33 bits per heavy atom. The van der Waals surface area contributed by atoms with Crippen LogP contribution in [0.5, 0.6) is 0 Å². The molecule has 0 aliphatic carbocycles. The Labute approximate surface area is 108 Å². The number of aliphatic hydroxyl groups excluding tert-OH is 1. The third kappa shape index (κ3) is 2.46. The lowest BCUT2D eigenvalue weighted by Crippen LogP contribution is -2.08. The lowest BCUT2D eigenvalue weighted by atomic mass is 10.00. The number of aromatic nitrogens is 2. The Hall–Kier alpha value is -1.61. The second-order valence-corrected chi connectivity index (χ2v) is 4.80. The molecule has 1 atom stereocenters. The van der Waals surface area contributed by atoms with Gasteiger partial charge in [0, 0.05) is 18.9 Å². The molecule has 2 aromatic rings. The molecule has 0 spiro atoms. The zero-order chi connectivity index (χ0) is 13.1. The molecule has 0 saturated carbocycles. The topological polar surface area (TPSA) is 38.0 Å². The van der Waals surface area contributed by atoms with Crippen LogP contribution in [0.25, 0.3) is 0 Å². The van der Waals surface area contributed by atoms with Crippen LogP contribution in [-0.4, -0.2) is 14.7 Å². The Balaban J connectivity index is 2.26. The molecule has 18 heavy (non-hydrogen) atoms. The van der Waals surface area contributed by atoms with Crippen molar-refractivity contribution in [1.82, 2.24) is 9.55 Å². The second-order valence-electron chi connectivity index (χ2n) is 4.80. The van der Waals surface area contributed by atoms with E-state index in [9.17, 15) is 5.11 Å². The predicted molar refractivity (Wildman–Crippen MR) is 72.5 cm³/mol. The van der Waals surface area contributed by atoms with E-state index in [2.05, 4.69) is 31.0 Å². The highest BCUT2D eigenvalue weighted by Crippen LogP contribution is 2.23. The molecule has 96 valence electrons. The quantitative estimate of drug-likeness (QED) is 0.897. The van der Waals surface area contributed by atoms with Crippen molar-refractivity contribution >= 4 is 0 Å². The van der Waals surface area contributed by atoms with E-state index in [0.717, 1.165) is 12.1 Å². The largest absolute Gasteiger partial charge is 0.380 e. The molecule has 1 heterocycles. The van der Waals surface area contributed by atoms with Gasteiger partial charge < -0.3 is 9.67 Å². The number of imidazole rings is 1. The molecule has 0 bridgehead atoms. The highest BCUT2D eigenvalue weighted by Gasteiger charge is 2.15. The van der Waals surface area contributed by atoms with Crippen LogP contribution >= 0.6 is 0 Å². The van der Waals surface area contributed by atoms with Crippen LogP contribution in [0.2, 0.25) is 0 Å². The van der Waals surface area contributed by atoms with Crippen LogP contribution in [0.4, 0.5) is 0 Å². The van der Waals surface area contributed by atoms with Crippen LogP contribution in [0.15, 0.2) is 36.7 Å². The van der Waals surface area contributed by atoms with Crippen molar-refractivity contribution in [2.24, 2.45) is 0 Å². The molecule has 1 aromatic carbocycles. The molecular formula is C15H20N2O. The normalized spacial score (nSPS) is 12.9. The van der Waals surface area contributed by atoms with Crippen molar-refractivity contribution in [3.8, 4) is 0 Å². The predicted octanol–water partition coefficient (Wildman–Crippen LogP) is 3.11. The fourth-order valence-corrected chi connectivity index (χ4v) is 2.05. The van der Waals surface area contributed by atoms with Gasteiger partial charge in [-0.2, -0.15) is 0 Å². The molecule has 0 radical (unpaired) electrons. The molecule has 0 aliphatic heterocycles. The van der Waals surface area contributed by atoms with Gasteiger partial charge in [0.15, 0.2) is 0 Å². The molecule has 0 unspecified atom stereocenters. The van der Waals surface area contributed by atoms with Gasteiger partial charge in [-0.05, 0) is 24.0 Å². The highest BCUT2D eigenvalue weighted by atomic mass is 16.3. The molecule has 3 nitrogen and oxygen atoms in total. The summed E-state index contributed by atoms with van der Waals surface area (Å²) in [5.41, 5.74) is 2.17. The SMILES string of the molecule is CCn1ccnc1[C@H](O)c1ccc(C(C)C)cc1. The van der Waals surface area contributed by atoms with E-state index < -0.39 is 6.10 Å². The van der Waals surface area contributed by atoms with E-state index in [4.69, 9.17) is 0 Å². The van der Waals surface area contributed by atoms with Crippen LogP contribution in [0.3, 0.4) is 0 Å². The van der Waals surface area contributed by atoms with E-state index in [0.29, 0.717) is 11.7 Å². The summed E-state index contributed by atoms with van der Waals surface area (Å²) in [7, 11) is 0. The van der Waals surface area contributed by atoms with Gasteiger partial charge in [-0.25, -0.2) is 4.98 Å². The van der Waals surface area contributed by atoms with Crippen molar-refractivity contribution in [3.63, 3.8) is 0 Å². The van der Waals surface area contributed by atoms with E-state index in [-0.39, 0.29) is 0 Å². The number of hydrogen-bond donors (Lipinski definition) is 1. The molecular weight excluding hydrogens is 224 g/mol. The number of aryl methyl sites for hydroxylation is 1. The van der Waals surface area contributed by atoms with Crippen LogP contribution in [0.1, 0.15) is 49.7 Å². The number of rotatable bonds is 4. The molecule has 0 amide bonds. The van der Waals surface area contributed by atoms with Crippen LogP contribution in [-0.2, 0) is 6.54 Å². The third-order valence-corrected chi connectivity index (χ3v) is 3.25. The Bertz CT molecular complexity index is 499. The minimum Gasteiger partial charge on any atom is -0.380 e. The molecule has 0 aliphatic rings. The number of nitrogens with zero attached hydrogens (tertiary/aromatic N) is 2. The third-order valence-electron chi connectivity index (χ3n) is 3.25. The maximum atomic E-state index is 10.3. The lowest BCUT2D eigenvalue weighted by Gasteiger charge is -2.13. The van der Waals surface area contributed by atoms with Gasteiger partial charge in [-0.15, -0.1) is 0 Å². The van der Waals surface area contributed by atoms with Crippen molar-refractivity contribution in [2.75, 3.05) is 0 Å². The van der Waals surface area contributed by atoms with Gasteiger partial charge in [0.05, 0.1) is 0 Å². The smallest absolute Gasteiger partial charge is 0.142 e. The molecule has 1 N–H and O–H groups in total. The maximum absolute atomic E-state index is 10.3. The van der Waals surface area contributed by atoms with E-state index in [1.54, 1.807) is 6.20 Å². The summed E-state index contributed by atoms with van der Waals surface area (Å²) in [6.07, 6.45) is 2.96. The first-order valence-corrected chi connectivity index (χ1v) is 6.42. The summed E-state index contributed by atoms with van der Waals surface area (Å²) in [6.45, 7) is 7.18. The summed E-state index contributed by atoms with van der Waals surface area (Å²) in [5, 5.41) is 10.3. The lowest BCUT2D eigenvalue weighted by molar-refractivity contribution is 0.205. The average Bonchev–Trinajstić information content (AvgIpc) is 2.86. The first kappa shape index (κ1) is 12.8. The summed E-state index contributed by atoms with van der Waals surface area (Å²) in [6, 6.07) is 8.11. The van der Waals surface area contributed by atoms with E-state index in [1.807, 2.05) is 29.8 Å². The van der Waals surface area contributed by atoms with Crippen LogP contribution < -0.4 is 0 Å². The summed E-state index contributed by atoms with van der Waals surface area (Å²) in [5.74, 6) is 1.21. The summed E-state index contributed by atoms with van der Waals surface area (Å²) < 4.78 is 1.96. The van der Waals surface area contributed by atoms with Crippen molar-refractivity contribution < 1.29 is 5.11 Å². The number of benzene rings is 1. The molecule has 0 saturated heterocycles. The number of hydrogen-bond acceptors (Lipinski definition) is 2. The monoisotopic (exact) mass is 244 g/mol. The van der Waals surface area contributed by atoms with Gasteiger partial charge >= 0.3 is 0 Å². The fourth-order valence-electron chi connectivity index (χ4n) is 2.05. The maximum Gasteiger partial charge on any atom is 0.142 e. The molecule has 1 aromatic heterocycles. The van der Waals surface area contributed by atoms with E-state index in [1.165, 1.54) is 5.56 Å². The Morgan fingerprint density at radius 1 is 1.17 bits per heavy atom. The van der Waals surface area contributed by atoms with Gasteiger partial charge in [0.2, 0.25) is 0 Å². The van der Waals surface area contributed by atoms with Crippen molar-refractivity contribution in [3.05, 3.63) is 53.6 Å². The zero-order valence-corrected chi connectivity index (χ0v) is 11.2. The van der Waals surface area contributed by atoms with Crippen LogP contribution in [0, 0.1) is 0 Å². The summed E-state index contributed by atoms with van der Waals surface area (Å²) >= 11 is 0.